The minimum atomic E-state index is -4.17. The standard InChI is InChI=1S/C24H24F2N2O5S/c1-32-22-11-9-19(15-23(22)33-2)34(30,31)28(13-12-17-6-4-3-5-7-17)16-24(29)27-21-14-18(25)8-10-20(21)26/h3-11,14-15H,12-13,16H2,1-2H3,(H,27,29). The Hall–Kier alpha value is -3.50. The predicted octanol–water partition coefficient (Wildman–Crippen LogP) is 3.85. The molecule has 0 aromatic heterocycles. The van der Waals surface area contributed by atoms with Gasteiger partial charge in [-0.15, -0.1) is 0 Å². The van der Waals surface area contributed by atoms with Crippen molar-refractivity contribution in [2.24, 2.45) is 0 Å². The van der Waals surface area contributed by atoms with Gasteiger partial charge in [-0.2, -0.15) is 4.31 Å². The number of nitrogens with one attached hydrogen (secondary N) is 1. The summed E-state index contributed by atoms with van der Waals surface area (Å²) in [7, 11) is -1.36. The zero-order valence-electron chi connectivity index (χ0n) is 18.6. The lowest BCUT2D eigenvalue weighted by atomic mass is 10.1. The number of sulfonamides is 1. The summed E-state index contributed by atoms with van der Waals surface area (Å²) >= 11 is 0. The summed E-state index contributed by atoms with van der Waals surface area (Å²) < 4.78 is 65.6. The van der Waals surface area contributed by atoms with Gasteiger partial charge in [-0.1, -0.05) is 30.3 Å². The number of carbonyl (C=O) groups excluding carboxylic acids is 1. The fraction of sp³-hybridized carbons (Fsp3) is 0.208. The van der Waals surface area contributed by atoms with E-state index in [0.29, 0.717) is 12.2 Å². The van der Waals surface area contributed by atoms with Crippen LogP contribution in [-0.2, 0) is 21.2 Å². The van der Waals surface area contributed by atoms with E-state index in [1.165, 1.54) is 32.4 Å². The molecule has 3 aromatic carbocycles. The fourth-order valence-electron chi connectivity index (χ4n) is 3.25. The smallest absolute Gasteiger partial charge is 0.243 e. The molecule has 0 atom stereocenters. The lowest BCUT2D eigenvalue weighted by Gasteiger charge is -2.22. The van der Waals surface area contributed by atoms with E-state index in [1.54, 1.807) is 0 Å². The topological polar surface area (TPSA) is 84.9 Å². The molecule has 0 unspecified atom stereocenters. The monoisotopic (exact) mass is 490 g/mol. The first kappa shape index (κ1) is 25.1. The van der Waals surface area contributed by atoms with Crippen molar-refractivity contribution in [3.8, 4) is 11.5 Å². The molecule has 3 aromatic rings. The number of methoxy groups -OCH3 is 2. The molecule has 0 heterocycles. The van der Waals surface area contributed by atoms with E-state index in [2.05, 4.69) is 5.32 Å². The van der Waals surface area contributed by atoms with Crippen LogP contribution < -0.4 is 14.8 Å². The van der Waals surface area contributed by atoms with Crippen molar-refractivity contribution in [3.63, 3.8) is 0 Å². The highest BCUT2D eigenvalue weighted by Crippen LogP contribution is 2.30. The Bertz CT molecular complexity index is 1250. The van der Waals surface area contributed by atoms with Gasteiger partial charge in [0, 0.05) is 18.7 Å². The maximum absolute atomic E-state index is 14.0. The molecule has 34 heavy (non-hydrogen) atoms. The predicted molar refractivity (Wildman–Crippen MR) is 123 cm³/mol. The molecule has 1 N–H and O–H groups in total. The number of carbonyl (C=O) groups is 1. The molecule has 0 aliphatic carbocycles. The number of rotatable bonds is 10. The minimum absolute atomic E-state index is 0.0280. The van der Waals surface area contributed by atoms with Crippen molar-refractivity contribution >= 4 is 21.6 Å². The first-order valence-electron chi connectivity index (χ1n) is 10.3. The molecule has 0 bridgehead atoms. The van der Waals surface area contributed by atoms with E-state index in [0.717, 1.165) is 28.1 Å². The Morgan fingerprint density at radius 3 is 2.32 bits per heavy atom. The molecule has 0 spiro atoms. The zero-order chi connectivity index (χ0) is 24.7. The van der Waals surface area contributed by atoms with Crippen molar-refractivity contribution in [3.05, 3.63) is 83.9 Å². The Morgan fingerprint density at radius 1 is 0.941 bits per heavy atom. The number of ether oxygens (including phenoxy) is 2. The summed E-state index contributed by atoms with van der Waals surface area (Å²) in [5, 5.41) is 2.24. The number of anilines is 1. The molecule has 0 aliphatic heterocycles. The molecule has 180 valence electrons. The maximum atomic E-state index is 14.0. The van der Waals surface area contributed by atoms with E-state index in [9.17, 15) is 22.0 Å². The molecule has 0 aliphatic rings. The van der Waals surface area contributed by atoms with Crippen molar-refractivity contribution in [2.45, 2.75) is 11.3 Å². The van der Waals surface area contributed by atoms with E-state index >= 15 is 0 Å². The van der Waals surface area contributed by atoms with Gasteiger partial charge in [0.05, 0.1) is 31.3 Å². The largest absolute Gasteiger partial charge is 0.493 e. The van der Waals surface area contributed by atoms with Gasteiger partial charge in [0.1, 0.15) is 11.6 Å². The Balaban J connectivity index is 1.89. The second kappa shape index (κ2) is 11.1. The van der Waals surface area contributed by atoms with Crippen LogP contribution in [0.2, 0.25) is 0 Å². The molecule has 0 saturated carbocycles. The summed E-state index contributed by atoms with van der Waals surface area (Å²) in [5.41, 5.74) is 0.489. The van der Waals surface area contributed by atoms with Crippen LogP contribution in [0, 0.1) is 11.6 Å². The second-order valence-corrected chi connectivity index (χ2v) is 9.20. The molecule has 10 heteroatoms. The van der Waals surface area contributed by atoms with Gasteiger partial charge < -0.3 is 14.8 Å². The Kier molecular flexibility index (Phi) is 8.19. The highest BCUT2D eigenvalue weighted by molar-refractivity contribution is 7.89. The van der Waals surface area contributed by atoms with Gasteiger partial charge in [0.15, 0.2) is 11.5 Å². The first-order chi connectivity index (χ1) is 16.2. The molecule has 0 saturated heterocycles. The van der Waals surface area contributed by atoms with Crippen LogP contribution >= 0.6 is 0 Å². The van der Waals surface area contributed by atoms with Crippen molar-refractivity contribution < 1.29 is 31.5 Å². The summed E-state index contributed by atoms with van der Waals surface area (Å²) in [5.74, 6) is -1.85. The average molecular weight is 491 g/mol. The number of hydrogen-bond acceptors (Lipinski definition) is 5. The second-order valence-electron chi connectivity index (χ2n) is 7.26. The van der Waals surface area contributed by atoms with Crippen molar-refractivity contribution in [2.75, 3.05) is 32.6 Å². The van der Waals surface area contributed by atoms with Crippen LogP contribution in [0.25, 0.3) is 0 Å². The van der Waals surface area contributed by atoms with Gasteiger partial charge in [-0.25, -0.2) is 17.2 Å². The van der Waals surface area contributed by atoms with E-state index < -0.39 is 34.1 Å². The van der Waals surface area contributed by atoms with Gasteiger partial charge in [0.25, 0.3) is 0 Å². The van der Waals surface area contributed by atoms with Crippen LogP contribution in [0.4, 0.5) is 14.5 Å². The Morgan fingerprint density at radius 2 is 1.65 bits per heavy atom. The van der Waals surface area contributed by atoms with Crippen LogP contribution in [0.15, 0.2) is 71.6 Å². The minimum Gasteiger partial charge on any atom is -0.493 e. The molecule has 1 amide bonds. The molecular formula is C24H24F2N2O5S. The van der Waals surface area contributed by atoms with Crippen molar-refractivity contribution in [1.82, 2.24) is 4.31 Å². The summed E-state index contributed by atoms with van der Waals surface area (Å²) in [6, 6.07) is 15.9. The summed E-state index contributed by atoms with van der Waals surface area (Å²) in [6.45, 7) is -0.640. The summed E-state index contributed by atoms with van der Waals surface area (Å²) in [6.07, 6.45) is 0.328. The third-order valence-electron chi connectivity index (χ3n) is 5.01. The van der Waals surface area contributed by atoms with Crippen LogP contribution in [-0.4, -0.2) is 45.9 Å². The maximum Gasteiger partial charge on any atom is 0.243 e. The molecule has 0 radical (unpaired) electrons. The number of benzene rings is 3. The third-order valence-corrected chi connectivity index (χ3v) is 6.85. The van der Waals surface area contributed by atoms with Crippen molar-refractivity contribution in [1.29, 1.82) is 0 Å². The van der Waals surface area contributed by atoms with Crippen LogP contribution in [0.1, 0.15) is 5.56 Å². The normalized spacial score (nSPS) is 11.3. The molecule has 0 fully saturated rings. The molecule has 7 nitrogen and oxygen atoms in total. The quantitative estimate of drug-likeness (QED) is 0.467. The van der Waals surface area contributed by atoms with E-state index in [-0.39, 0.29) is 22.9 Å². The highest BCUT2D eigenvalue weighted by Gasteiger charge is 2.28. The lowest BCUT2D eigenvalue weighted by molar-refractivity contribution is -0.116. The Labute approximate surface area is 197 Å². The van der Waals surface area contributed by atoms with E-state index in [4.69, 9.17) is 9.47 Å². The van der Waals surface area contributed by atoms with Crippen LogP contribution in [0.5, 0.6) is 11.5 Å². The molecule has 3 rings (SSSR count). The number of hydrogen-bond donors (Lipinski definition) is 1. The van der Waals surface area contributed by atoms with Crippen LogP contribution in [0.3, 0.4) is 0 Å². The fourth-order valence-corrected chi connectivity index (χ4v) is 4.66. The van der Waals surface area contributed by atoms with Gasteiger partial charge in [-0.3, -0.25) is 4.79 Å². The first-order valence-corrected chi connectivity index (χ1v) is 11.7. The SMILES string of the molecule is COc1ccc(S(=O)(=O)N(CCc2ccccc2)CC(=O)Nc2cc(F)ccc2F)cc1OC. The highest BCUT2D eigenvalue weighted by atomic mass is 32.2. The average Bonchev–Trinajstić information content (AvgIpc) is 2.84. The summed E-state index contributed by atoms with van der Waals surface area (Å²) in [4.78, 5) is 12.5. The lowest BCUT2D eigenvalue weighted by Crippen LogP contribution is -2.39. The van der Waals surface area contributed by atoms with E-state index in [1.807, 2.05) is 30.3 Å². The zero-order valence-corrected chi connectivity index (χ0v) is 19.4. The number of halogens is 2. The number of nitrogens with zero attached hydrogens (tertiary/aromatic N) is 1. The molecular weight excluding hydrogens is 466 g/mol. The number of amides is 1. The van der Waals surface area contributed by atoms with Gasteiger partial charge in [0.2, 0.25) is 15.9 Å². The van der Waals surface area contributed by atoms with Gasteiger partial charge >= 0.3 is 0 Å². The third kappa shape index (κ3) is 6.09. The van der Waals surface area contributed by atoms with Gasteiger partial charge in [-0.05, 0) is 36.2 Å².